The van der Waals surface area contributed by atoms with Gasteiger partial charge in [0.1, 0.15) is 5.78 Å². The second kappa shape index (κ2) is 7.21. The first-order valence-corrected chi connectivity index (χ1v) is 8.06. The van der Waals surface area contributed by atoms with Crippen molar-refractivity contribution in [2.45, 2.75) is 45.1 Å². The Labute approximate surface area is 110 Å². The van der Waals surface area contributed by atoms with Crippen LogP contribution in [0.3, 0.4) is 0 Å². The molecule has 0 bridgehead atoms. The first-order chi connectivity index (χ1) is 8.47. The van der Waals surface area contributed by atoms with Gasteiger partial charge in [-0.25, -0.2) is 8.42 Å². The van der Waals surface area contributed by atoms with Crippen LogP contribution in [0.2, 0.25) is 0 Å². The fraction of sp³-hybridized carbons (Fsp3) is 0.917. The lowest BCUT2D eigenvalue weighted by molar-refractivity contribution is -0.118. The Balaban J connectivity index is 2.66. The predicted molar refractivity (Wildman–Crippen MR) is 69.9 cm³/mol. The van der Waals surface area contributed by atoms with Crippen molar-refractivity contribution in [1.29, 1.82) is 0 Å². The largest absolute Gasteiger partial charge is 0.385 e. The molecule has 1 fully saturated rings. The van der Waals surface area contributed by atoms with Gasteiger partial charge in [-0.3, -0.25) is 4.79 Å². The van der Waals surface area contributed by atoms with Crippen LogP contribution in [0.1, 0.15) is 39.0 Å². The van der Waals surface area contributed by atoms with Gasteiger partial charge < -0.3 is 4.74 Å². The third kappa shape index (κ3) is 4.66. The van der Waals surface area contributed by atoms with Gasteiger partial charge in [-0.2, -0.15) is 4.31 Å². The highest BCUT2D eigenvalue weighted by molar-refractivity contribution is 7.89. The number of carbonyl (C=O) groups is 1. The monoisotopic (exact) mass is 277 g/mol. The Kier molecular flexibility index (Phi) is 6.25. The summed E-state index contributed by atoms with van der Waals surface area (Å²) >= 11 is 0. The molecule has 1 aliphatic rings. The summed E-state index contributed by atoms with van der Waals surface area (Å²) in [6.07, 6.45) is 3.52. The number of ketones is 1. The number of nitrogens with zero attached hydrogens (tertiary/aromatic N) is 1. The zero-order valence-corrected chi connectivity index (χ0v) is 12.0. The Morgan fingerprint density at radius 1 is 1.39 bits per heavy atom. The molecule has 1 aliphatic heterocycles. The minimum atomic E-state index is -3.25. The van der Waals surface area contributed by atoms with Crippen LogP contribution in [0.4, 0.5) is 0 Å². The van der Waals surface area contributed by atoms with Gasteiger partial charge in [0, 0.05) is 32.7 Å². The van der Waals surface area contributed by atoms with Gasteiger partial charge in [-0.05, 0) is 26.2 Å². The lowest BCUT2D eigenvalue weighted by Gasteiger charge is -2.34. The third-order valence-corrected chi connectivity index (χ3v) is 5.20. The Morgan fingerprint density at radius 2 is 2.11 bits per heavy atom. The summed E-state index contributed by atoms with van der Waals surface area (Å²) in [6, 6.07) is -0.135. The normalized spacial score (nSPS) is 22.0. The van der Waals surface area contributed by atoms with E-state index in [2.05, 4.69) is 0 Å². The second-order valence-corrected chi connectivity index (χ2v) is 6.87. The zero-order chi connectivity index (χ0) is 13.6. The second-order valence-electron chi connectivity index (χ2n) is 4.83. The average molecular weight is 277 g/mol. The summed E-state index contributed by atoms with van der Waals surface area (Å²) in [5.41, 5.74) is 0. The molecule has 0 aromatic carbocycles. The predicted octanol–water partition coefficient (Wildman–Crippen LogP) is 1.19. The van der Waals surface area contributed by atoms with Crippen molar-refractivity contribution < 1.29 is 17.9 Å². The molecule has 0 saturated carbocycles. The van der Waals surface area contributed by atoms with E-state index in [1.165, 1.54) is 11.2 Å². The molecule has 5 nitrogen and oxygen atoms in total. The zero-order valence-electron chi connectivity index (χ0n) is 11.2. The van der Waals surface area contributed by atoms with E-state index in [4.69, 9.17) is 4.74 Å². The van der Waals surface area contributed by atoms with Crippen molar-refractivity contribution >= 4 is 15.8 Å². The standard InChI is InChI=1S/C12H23NO4S/c1-11(14)10-12-6-3-4-7-13(12)18(15,16)9-5-8-17-2/h12H,3-10H2,1-2H3. The van der Waals surface area contributed by atoms with E-state index in [9.17, 15) is 13.2 Å². The minimum Gasteiger partial charge on any atom is -0.385 e. The maximum Gasteiger partial charge on any atom is 0.214 e. The summed E-state index contributed by atoms with van der Waals surface area (Å²) < 4.78 is 30.8. The fourth-order valence-electron chi connectivity index (χ4n) is 2.38. The number of carbonyl (C=O) groups excluding carboxylic acids is 1. The van der Waals surface area contributed by atoms with E-state index in [1.807, 2.05) is 0 Å². The summed E-state index contributed by atoms with van der Waals surface area (Å²) in [4.78, 5) is 11.2. The van der Waals surface area contributed by atoms with Gasteiger partial charge in [-0.15, -0.1) is 0 Å². The average Bonchev–Trinajstić information content (AvgIpc) is 2.29. The molecule has 0 aromatic heterocycles. The number of Topliss-reactive ketones (excluding diaryl/α,β-unsaturated/α-hetero) is 1. The van der Waals surface area contributed by atoms with Crippen LogP contribution in [-0.2, 0) is 19.6 Å². The van der Waals surface area contributed by atoms with E-state index in [0.29, 0.717) is 26.0 Å². The number of rotatable bonds is 7. The number of hydrogen-bond donors (Lipinski definition) is 0. The van der Waals surface area contributed by atoms with E-state index in [-0.39, 0.29) is 17.6 Å². The van der Waals surface area contributed by atoms with Crippen molar-refractivity contribution in [1.82, 2.24) is 4.31 Å². The van der Waals surface area contributed by atoms with Gasteiger partial charge in [0.05, 0.1) is 5.75 Å². The van der Waals surface area contributed by atoms with Crippen molar-refractivity contribution in [3.63, 3.8) is 0 Å². The topological polar surface area (TPSA) is 63.7 Å². The molecule has 1 atom stereocenters. The lowest BCUT2D eigenvalue weighted by atomic mass is 10.0. The van der Waals surface area contributed by atoms with Crippen LogP contribution in [0.5, 0.6) is 0 Å². The molecule has 0 radical (unpaired) electrons. The lowest BCUT2D eigenvalue weighted by Crippen LogP contribution is -2.45. The van der Waals surface area contributed by atoms with Gasteiger partial charge in [-0.1, -0.05) is 6.42 Å². The fourth-order valence-corrected chi connectivity index (χ4v) is 4.14. The third-order valence-electron chi connectivity index (χ3n) is 3.20. The summed E-state index contributed by atoms with van der Waals surface area (Å²) in [6.45, 7) is 2.52. The van der Waals surface area contributed by atoms with Crippen LogP contribution in [0, 0.1) is 0 Å². The van der Waals surface area contributed by atoms with Gasteiger partial charge in [0.15, 0.2) is 0 Å². The summed E-state index contributed by atoms with van der Waals surface area (Å²) in [5.74, 6) is 0.161. The number of piperidine rings is 1. The van der Waals surface area contributed by atoms with Crippen LogP contribution < -0.4 is 0 Å². The number of sulfonamides is 1. The minimum absolute atomic E-state index is 0.0546. The van der Waals surface area contributed by atoms with E-state index >= 15 is 0 Å². The maximum absolute atomic E-state index is 12.2. The van der Waals surface area contributed by atoms with Crippen LogP contribution in [0.25, 0.3) is 0 Å². The van der Waals surface area contributed by atoms with Gasteiger partial charge in [0.2, 0.25) is 10.0 Å². The highest BCUT2D eigenvalue weighted by Crippen LogP contribution is 2.23. The molecular weight excluding hydrogens is 254 g/mol. The van der Waals surface area contributed by atoms with Crippen molar-refractivity contribution in [3.8, 4) is 0 Å². The first kappa shape index (κ1) is 15.6. The van der Waals surface area contributed by atoms with Crippen molar-refractivity contribution in [3.05, 3.63) is 0 Å². The quantitative estimate of drug-likeness (QED) is 0.656. The molecule has 18 heavy (non-hydrogen) atoms. The molecule has 6 heteroatoms. The molecule has 0 amide bonds. The van der Waals surface area contributed by atoms with Crippen molar-refractivity contribution in [2.75, 3.05) is 26.0 Å². The molecule has 106 valence electrons. The van der Waals surface area contributed by atoms with Crippen LogP contribution in [0.15, 0.2) is 0 Å². The maximum atomic E-state index is 12.2. The molecule has 0 aliphatic carbocycles. The van der Waals surface area contributed by atoms with Crippen molar-refractivity contribution in [2.24, 2.45) is 0 Å². The summed E-state index contributed by atoms with van der Waals surface area (Å²) in [5, 5.41) is 0. The molecule has 1 heterocycles. The number of hydrogen-bond acceptors (Lipinski definition) is 4. The number of methoxy groups -OCH3 is 1. The molecule has 1 unspecified atom stereocenters. The number of ether oxygens (including phenoxy) is 1. The molecule has 0 spiro atoms. The van der Waals surface area contributed by atoms with Crippen LogP contribution >= 0.6 is 0 Å². The Morgan fingerprint density at radius 3 is 2.72 bits per heavy atom. The van der Waals surface area contributed by atoms with Gasteiger partial charge in [0.25, 0.3) is 0 Å². The van der Waals surface area contributed by atoms with Crippen LogP contribution in [-0.4, -0.2) is 50.6 Å². The molecular formula is C12H23NO4S. The molecule has 1 saturated heterocycles. The first-order valence-electron chi connectivity index (χ1n) is 6.45. The Hall–Kier alpha value is -0.460. The smallest absolute Gasteiger partial charge is 0.214 e. The highest BCUT2D eigenvalue weighted by atomic mass is 32.2. The van der Waals surface area contributed by atoms with E-state index in [0.717, 1.165) is 19.3 Å². The Bertz CT molecular complexity index is 366. The summed E-state index contributed by atoms with van der Waals surface area (Å²) in [7, 11) is -1.69. The van der Waals surface area contributed by atoms with E-state index < -0.39 is 10.0 Å². The van der Waals surface area contributed by atoms with E-state index in [1.54, 1.807) is 7.11 Å². The highest BCUT2D eigenvalue weighted by Gasteiger charge is 2.32. The SMILES string of the molecule is COCCCS(=O)(=O)N1CCCCC1CC(C)=O. The molecule has 0 aromatic rings. The molecule has 1 rings (SSSR count). The molecule has 0 N–H and O–H groups in total. The van der Waals surface area contributed by atoms with Gasteiger partial charge >= 0.3 is 0 Å².